The summed E-state index contributed by atoms with van der Waals surface area (Å²) in [7, 11) is -5.16. The van der Waals surface area contributed by atoms with E-state index in [1.54, 1.807) is 4.90 Å². The molecule has 0 radical (unpaired) electrons. The van der Waals surface area contributed by atoms with Crippen LogP contribution in [0.3, 0.4) is 0 Å². The van der Waals surface area contributed by atoms with Crippen molar-refractivity contribution in [3.63, 3.8) is 0 Å². The van der Waals surface area contributed by atoms with Crippen LogP contribution in [0.15, 0.2) is 64.0 Å². The van der Waals surface area contributed by atoms with Crippen LogP contribution in [0.25, 0.3) is 5.57 Å². The maximum Gasteiger partial charge on any atom is 0.271 e. The van der Waals surface area contributed by atoms with Gasteiger partial charge in [-0.15, -0.1) is 0 Å². The topological polar surface area (TPSA) is 92.8 Å². The fourth-order valence-electron chi connectivity index (χ4n) is 3.95. The van der Waals surface area contributed by atoms with Gasteiger partial charge in [-0.25, -0.2) is 30.7 Å². The Bertz CT molecular complexity index is 1590. The van der Waals surface area contributed by atoms with Gasteiger partial charge < -0.3 is 9.64 Å². The zero-order valence-corrected chi connectivity index (χ0v) is 22.5. The average molecular weight is 627 g/mol. The lowest BCUT2D eigenvalue weighted by Gasteiger charge is -2.19. The van der Waals surface area contributed by atoms with Gasteiger partial charge in [0.2, 0.25) is 0 Å². The molecule has 0 bridgehead atoms. The van der Waals surface area contributed by atoms with Crippen molar-refractivity contribution in [3.05, 3.63) is 99.0 Å². The second-order valence-electron chi connectivity index (χ2n) is 8.45. The lowest BCUT2D eigenvalue weighted by molar-refractivity contribution is -0.121. The van der Waals surface area contributed by atoms with E-state index in [2.05, 4.69) is 15.9 Å². The SMILES string of the molecule is Cc1c(F)c(F)c(F)c(F)c1S(=O)(=O)NC(=O)COc1ccc(Br)cc1C(=O)N1CC=C(c2ccccc2)C1. The number of hydrogen-bond donors (Lipinski definition) is 1. The first-order valence-corrected chi connectivity index (χ1v) is 13.5. The smallest absolute Gasteiger partial charge is 0.271 e. The summed E-state index contributed by atoms with van der Waals surface area (Å²) in [6.07, 6.45) is 1.91. The molecule has 1 heterocycles. The standard InChI is InChI=1S/C26H19BrF4N2O5S/c1-14-21(28)22(29)23(30)24(31)25(14)39(36,37)32-20(34)13-38-19-8-7-17(27)11-18(19)26(35)33-10-9-16(12-33)15-5-3-2-4-6-15/h2-9,11H,10,12-13H2,1H3,(H,32,34). The van der Waals surface area contributed by atoms with Crippen LogP contribution in [-0.4, -0.2) is 44.8 Å². The largest absolute Gasteiger partial charge is 0.483 e. The van der Waals surface area contributed by atoms with Gasteiger partial charge in [0.25, 0.3) is 21.8 Å². The van der Waals surface area contributed by atoms with Crippen molar-refractivity contribution in [1.82, 2.24) is 9.62 Å². The number of nitrogens with one attached hydrogen (secondary N) is 1. The van der Waals surface area contributed by atoms with Crippen molar-refractivity contribution >= 4 is 43.3 Å². The van der Waals surface area contributed by atoms with E-state index in [0.29, 0.717) is 24.5 Å². The van der Waals surface area contributed by atoms with Crippen LogP contribution in [0.4, 0.5) is 17.6 Å². The van der Waals surface area contributed by atoms with Crippen LogP contribution >= 0.6 is 15.9 Å². The number of halogens is 5. The average Bonchev–Trinajstić information content (AvgIpc) is 3.40. The minimum atomic E-state index is -5.16. The second kappa shape index (κ2) is 11.2. The number of carbonyl (C=O) groups is 2. The highest BCUT2D eigenvalue weighted by atomic mass is 79.9. The summed E-state index contributed by atoms with van der Waals surface area (Å²) in [5, 5.41) is 0. The van der Waals surface area contributed by atoms with E-state index < -0.39 is 62.2 Å². The van der Waals surface area contributed by atoms with E-state index in [-0.39, 0.29) is 11.3 Å². The van der Waals surface area contributed by atoms with E-state index in [9.17, 15) is 35.6 Å². The Hall–Kier alpha value is -3.71. The lowest BCUT2D eigenvalue weighted by atomic mass is 10.1. The Kier molecular flexibility index (Phi) is 8.12. The zero-order valence-electron chi connectivity index (χ0n) is 20.1. The summed E-state index contributed by atoms with van der Waals surface area (Å²) < 4.78 is 87.4. The first-order chi connectivity index (χ1) is 18.4. The van der Waals surface area contributed by atoms with Crippen molar-refractivity contribution in [2.75, 3.05) is 19.7 Å². The third-order valence-corrected chi connectivity index (χ3v) is 7.86. The van der Waals surface area contributed by atoms with E-state index in [1.807, 2.05) is 36.4 Å². The summed E-state index contributed by atoms with van der Waals surface area (Å²) >= 11 is 3.28. The third-order valence-electron chi connectivity index (χ3n) is 5.85. The second-order valence-corrected chi connectivity index (χ2v) is 11.0. The third kappa shape index (κ3) is 5.83. The van der Waals surface area contributed by atoms with Gasteiger partial charge in [0.15, 0.2) is 29.9 Å². The molecule has 0 spiro atoms. The summed E-state index contributed by atoms with van der Waals surface area (Å²) in [6, 6.07) is 13.9. The maximum absolute atomic E-state index is 14.2. The van der Waals surface area contributed by atoms with E-state index in [4.69, 9.17) is 4.74 Å². The zero-order chi connectivity index (χ0) is 28.5. The molecule has 3 aromatic rings. The number of amides is 2. The number of ether oxygens (including phenoxy) is 1. The Balaban J connectivity index is 1.48. The van der Waals surface area contributed by atoms with Crippen molar-refractivity contribution in [1.29, 1.82) is 0 Å². The Morgan fingerprint density at radius 3 is 2.36 bits per heavy atom. The molecule has 4 rings (SSSR count). The van der Waals surface area contributed by atoms with Gasteiger partial charge >= 0.3 is 0 Å². The van der Waals surface area contributed by atoms with Crippen LogP contribution < -0.4 is 9.46 Å². The summed E-state index contributed by atoms with van der Waals surface area (Å²) in [5.74, 6) is -10.4. The maximum atomic E-state index is 14.2. The molecular weight excluding hydrogens is 608 g/mol. The predicted molar refractivity (Wildman–Crippen MR) is 136 cm³/mol. The van der Waals surface area contributed by atoms with Gasteiger partial charge in [0.05, 0.1) is 5.56 Å². The Morgan fingerprint density at radius 1 is 1.00 bits per heavy atom. The normalized spacial score (nSPS) is 13.3. The fourth-order valence-corrected chi connectivity index (χ4v) is 5.59. The number of nitrogens with zero attached hydrogens (tertiary/aromatic N) is 1. The van der Waals surface area contributed by atoms with Gasteiger partial charge in [-0.3, -0.25) is 9.59 Å². The van der Waals surface area contributed by atoms with Crippen LogP contribution in [0, 0.1) is 30.2 Å². The molecule has 0 unspecified atom stereocenters. The molecule has 13 heteroatoms. The minimum Gasteiger partial charge on any atom is -0.483 e. The van der Waals surface area contributed by atoms with Gasteiger partial charge in [-0.2, -0.15) is 0 Å². The Labute approximate surface area is 229 Å². The number of hydrogen-bond acceptors (Lipinski definition) is 5. The molecule has 1 N–H and O–H groups in total. The summed E-state index contributed by atoms with van der Waals surface area (Å²) in [6.45, 7) is 0.404. The lowest BCUT2D eigenvalue weighted by Crippen LogP contribution is -2.36. The fraction of sp³-hybridized carbons (Fsp3) is 0.154. The number of sulfonamides is 1. The van der Waals surface area contributed by atoms with Gasteiger partial charge in [0.1, 0.15) is 10.6 Å². The molecule has 2 amide bonds. The van der Waals surface area contributed by atoms with Crippen LogP contribution in [0.1, 0.15) is 21.5 Å². The summed E-state index contributed by atoms with van der Waals surface area (Å²) in [5.41, 5.74) is 0.931. The number of carbonyl (C=O) groups excluding carboxylic acids is 2. The minimum absolute atomic E-state index is 0.0508. The highest BCUT2D eigenvalue weighted by Crippen LogP contribution is 2.29. The van der Waals surface area contributed by atoms with Crippen LogP contribution in [0.2, 0.25) is 0 Å². The molecule has 0 saturated carbocycles. The first kappa shape index (κ1) is 28.3. The van der Waals surface area contributed by atoms with E-state index >= 15 is 0 Å². The molecular formula is C26H19BrF4N2O5S. The molecule has 0 atom stereocenters. The van der Waals surface area contributed by atoms with Gasteiger partial charge in [0, 0.05) is 23.1 Å². The Morgan fingerprint density at radius 2 is 1.67 bits per heavy atom. The monoisotopic (exact) mass is 626 g/mol. The molecule has 39 heavy (non-hydrogen) atoms. The van der Waals surface area contributed by atoms with Gasteiger partial charge in [-0.1, -0.05) is 52.3 Å². The molecule has 0 aromatic heterocycles. The van der Waals surface area contributed by atoms with Crippen molar-refractivity contribution in [2.45, 2.75) is 11.8 Å². The number of benzene rings is 3. The molecule has 0 fully saturated rings. The summed E-state index contributed by atoms with van der Waals surface area (Å²) in [4.78, 5) is 25.6. The number of rotatable bonds is 7. The van der Waals surface area contributed by atoms with Crippen molar-refractivity contribution in [3.8, 4) is 5.75 Å². The predicted octanol–water partition coefficient (Wildman–Crippen LogP) is 4.74. The van der Waals surface area contributed by atoms with Crippen LogP contribution in [0.5, 0.6) is 5.75 Å². The molecule has 7 nitrogen and oxygen atoms in total. The van der Waals surface area contributed by atoms with E-state index in [1.165, 1.54) is 22.9 Å². The molecule has 0 aliphatic carbocycles. The quantitative estimate of drug-likeness (QED) is 0.232. The van der Waals surface area contributed by atoms with Crippen molar-refractivity contribution < 1.29 is 40.3 Å². The molecule has 1 aliphatic heterocycles. The van der Waals surface area contributed by atoms with E-state index in [0.717, 1.165) is 11.1 Å². The first-order valence-electron chi connectivity index (χ1n) is 11.2. The molecule has 1 aliphatic rings. The molecule has 3 aromatic carbocycles. The highest BCUT2D eigenvalue weighted by molar-refractivity contribution is 9.10. The molecule has 0 saturated heterocycles. The molecule has 204 valence electrons. The van der Waals surface area contributed by atoms with Gasteiger partial charge in [-0.05, 0) is 36.3 Å². The highest BCUT2D eigenvalue weighted by Gasteiger charge is 2.32. The van der Waals surface area contributed by atoms with Crippen LogP contribution in [-0.2, 0) is 14.8 Å². The van der Waals surface area contributed by atoms with Crippen molar-refractivity contribution in [2.24, 2.45) is 0 Å².